The number of anilines is 1. The third kappa shape index (κ3) is 4.53. The normalized spacial score (nSPS) is 12.1. The van der Waals surface area contributed by atoms with Gasteiger partial charge in [-0.15, -0.1) is 10.2 Å². The van der Waals surface area contributed by atoms with Crippen molar-refractivity contribution in [1.29, 1.82) is 0 Å². The number of Topliss-reactive ketones (excluding diaryl/α,β-unsaturated/α-hetero) is 1. The van der Waals surface area contributed by atoms with Crippen LogP contribution in [0.2, 0.25) is 0 Å². The Bertz CT molecular complexity index is 1030. The van der Waals surface area contributed by atoms with Crippen molar-refractivity contribution in [3.05, 3.63) is 59.7 Å². The Morgan fingerprint density at radius 1 is 1.07 bits per heavy atom. The summed E-state index contributed by atoms with van der Waals surface area (Å²) >= 11 is 1.23. The summed E-state index contributed by atoms with van der Waals surface area (Å²) in [5, 5.41) is 8.52. The van der Waals surface area contributed by atoms with E-state index in [4.69, 9.17) is 0 Å². The molecule has 2 aromatic carbocycles. The molecule has 0 amide bonds. The molecule has 3 rings (SSSR count). The largest absolute Gasteiger partial charge is 0.372 e. The Morgan fingerprint density at radius 3 is 2.33 bits per heavy atom. The molecule has 0 fully saturated rings. The van der Waals surface area contributed by atoms with Crippen molar-refractivity contribution in [2.24, 2.45) is 7.05 Å². The predicted molar refractivity (Wildman–Crippen MR) is 116 cm³/mol. The van der Waals surface area contributed by atoms with Crippen molar-refractivity contribution in [3.63, 3.8) is 0 Å². The van der Waals surface area contributed by atoms with Gasteiger partial charge < -0.3 is 9.47 Å². The van der Waals surface area contributed by atoms with Crippen LogP contribution in [0.25, 0.3) is 11.4 Å². The van der Waals surface area contributed by atoms with Crippen molar-refractivity contribution in [2.45, 2.75) is 31.2 Å². The lowest BCUT2D eigenvalue weighted by molar-refractivity contribution is 0.0993. The lowest BCUT2D eigenvalue weighted by Crippen LogP contribution is -2.21. The number of nitrogens with zero attached hydrogens (tertiary/aromatic N) is 4. The van der Waals surface area contributed by atoms with E-state index < -0.39 is 16.9 Å². The van der Waals surface area contributed by atoms with Gasteiger partial charge in [-0.25, -0.2) is 8.78 Å². The molecule has 0 aliphatic heterocycles. The van der Waals surface area contributed by atoms with E-state index in [0.717, 1.165) is 36.5 Å². The first kappa shape index (κ1) is 22.0. The second-order valence-electron chi connectivity index (χ2n) is 6.84. The maximum absolute atomic E-state index is 13.4. The molecule has 0 saturated carbocycles. The van der Waals surface area contributed by atoms with Crippen molar-refractivity contribution in [2.75, 3.05) is 18.0 Å². The average molecular weight is 431 g/mol. The Balaban J connectivity index is 1.76. The van der Waals surface area contributed by atoms with E-state index in [1.807, 2.05) is 23.7 Å². The van der Waals surface area contributed by atoms with Gasteiger partial charge in [0, 0.05) is 37.0 Å². The molecule has 30 heavy (non-hydrogen) atoms. The van der Waals surface area contributed by atoms with Crippen molar-refractivity contribution in [1.82, 2.24) is 14.8 Å². The Hall–Kier alpha value is -2.74. The van der Waals surface area contributed by atoms with Crippen LogP contribution in [0.5, 0.6) is 0 Å². The topological polar surface area (TPSA) is 51.0 Å². The quantitative estimate of drug-likeness (QED) is 0.373. The van der Waals surface area contributed by atoms with Gasteiger partial charge in [-0.2, -0.15) is 0 Å². The number of carbonyl (C=O) groups excluding carboxylic acids is 1. The number of thioether (sulfide) groups is 1. The van der Waals surface area contributed by atoms with E-state index >= 15 is 0 Å². The molecule has 0 N–H and O–H groups in total. The standard InChI is InChI=1S/C22H24F2N4OS/c1-5-28(6-2)17-10-7-15(8-11-17)21-25-26-22(27(21)4)30-14(3)20(29)16-9-12-18(23)19(24)13-16/h7-14H,5-6H2,1-4H3. The first-order valence-corrected chi connectivity index (χ1v) is 10.6. The van der Waals surface area contributed by atoms with E-state index in [1.165, 1.54) is 17.8 Å². The monoisotopic (exact) mass is 430 g/mol. The maximum atomic E-state index is 13.4. The molecular weight excluding hydrogens is 406 g/mol. The molecule has 0 aliphatic rings. The molecule has 0 aliphatic carbocycles. The zero-order valence-electron chi connectivity index (χ0n) is 17.4. The van der Waals surface area contributed by atoms with Gasteiger partial charge >= 0.3 is 0 Å². The summed E-state index contributed by atoms with van der Waals surface area (Å²) in [6, 6.07) is 11.3. The molecule has 158 valence electrons. The summed E-state index contributed by atoms with van der Waals surface area (Å²) in [5.74, 6) is -1.62. The molecule has 3 aromatic rings. The molecule has 1 atom stereocenters. The van der Waals surface area contributed by atoms with E-state index in [0.29, 0.717) is 11.0 Å². The van der Waals surface area contributed by atoms with E-state index in [1.54, 1.807) is 6.92 Å². The van der Waals surface area contributed by atoms with Crippen LogP contribution in [0.1, 0.15) is 31.1 Å². The Morgan fingerprint density at radius 2 is 1.73 bits per heavy atom. The van der Waals surface area contributed by atoms with Crippen LogP contribution in [0.3, 0.4) is 0 Å². The number of aromatic nitrogens is 3. The highest BCUT2D eigenvalue weighted by atomic mass is 32.2. The molecule has 1 unspecified atom stereocenters. The highest BCUT2D eigenvalue weighted by Crippen LogP contribution is 2.28. The van der Waals surface area contributed by atoms with Gasteiger partial charge in [0.05, 0.1) is 5.25 Å². The van der Waals surface area contributed by atoms with Crippen LogP contribution in [-0.4, -0.2) is 38.9 Å². The number of hydrogen-bond acceptors (Lipinski definition) is 5. The number of halogens is 2. The third-order valence-electron chi connectivity index (χ3n) is 4.94. The van der Waals surface area contributed by atoms with Crippen LogP contribution >= 0.6 is 11.8 Å². The van der Waals surface area contributed by atoms with Gasteiger partial charge in [0.1, 0.15) is 0 Å². The van der Waals surface area contributed by atoms with Crippen molar-refractivity contribution >= 4 is 23.2 Å². The van der Waals surface area contributed by atoms with Crippen LogP contribution < -0.4 is 4.90 Å². The molecule has 0 bridgehead atoms. The third-order valence-corrected chi connectivity index (χ3v) is 6.08. The van der Waals surface area contributed by atoms with Gasteiger partial charge in [0.25, 0.3) is 0 Å². The summed E-state index contributed by atoms with van der Waals surface area (Å²) < 4.78 is 28.4. The fraction of sp³-hybridized carbons (Fsp3) is 0.318. The van der Waals surface area contributed by atoms with Gasteiger partial charge in [-0.3, -0.25) is 4.79 Å². The Kier molecular flexibility index (Phi) is 6.87. The molecule has 0 radical (unpaired) electrons. The second kappa shape index (κ2) is 9.38. The first-order chi connectivity index (χ1) is 14.3. The number of ketones is 1. The number of benzene rings is 2. The minimum atomic E-state index is -1.04. The number of carbonyl (C=O) groups is 1. The van der Waals surface area contributed by atoms with Gasteiger partial charge in [-0.1, -0.05) is 11.8 Å². The number of hydrogen-bond donors (Lipinski definition) is 0. The molecule has 0 saturated heterocycles. The molecule has 1 aromatic heterocycles. The van der Waals surface area contributed by atoms with E-state index in [9.17, 15) is 13.6 Å². The van der Waals surface area contributed by atoms with E-state index in [2.05, 4.69) is 41.1 Å². The second-order valence-corrected chi connectivity index (χ2v) is 8.15. The summed E-state index contributed by atoms with van der Waals surface area (Å²) in [6.45, 7) is 7.81. The summed E-state index contributed by atoms with van der Waals surface area (Å²) in [4.78, 5) is 14.8. The van der Waals surface area contributed by atoms with Crippen LogP contribution in [0.15, 0.2) is 47.6 Å². The maximum Gasteiger partial charge on any atom is 0.191 e. The SMILES string of the molecule is CCN(CC)c1ccc(-c2nnc(SC(C)C(=O)c3ccc(F)c(F)c3)n2C)cc1. The minimum Gasteiger partial charge on any atom is -0.372 e. The highest BCUT2D eigenvalue weighted by molar-refractivity contribution is 8.00. The van der Waals surface area contributed by atoms with Crippen molar-refractivity contribution < 1.29 is 13.6 Å². The summed E-state index contributed by atoms with van der Waals surface area (Å²) in [7, 11) is 1.84. The van der Waals surface area contributed by atoms with Crippen molar-refractivity contribution in [3.8, 4) is 11.4 Å². The summed E-state index contributed by atoms with van der Waals surface area (Å²) in [5.41, 5.74) is 2.20. The fourth-order valence-electron chi connectivity index (χ4n) is 3.17. The minimum absolute atomic E-state index is 0.128. The zero-order chi connectivity index (χ0) is 21.8. The number of rotatable bonds is 8. The average Bonchev–Trinajstić information content (AvgIpc) is 3.11. The highest BCUT2D eigenvalue weighted by Gasteiger charge is 2.21. The van der Waals surface area contributed by atoms with Gasteiger partial charge in [0.2, 0.25) is 0 Å². The molecule has 1 heterocycles. The zero-order valence-corrected chi connectivity index (χ0v) is 18.2. The van der Waals surface area contributed by atoms with Crippen LogP contribution in [0, 0.1) is 11.6 Å². The van der Waals surface area contributed by atoms with Gasteiger partial charge in [0.15, 0.2) is 28.4 Å². The fourth-order valence-corrected chi connectivity index (χ4v) is 4.07. The lowest BCUT2D eigenvalue weighted by Gasteiger charge is -2.21. The smallest absolute Gasteiger partial charge is 0.191 e. The molecular formula is C22H24F2N4OS. The Labute approximate surface area is 179 Å². The molecule has 5 nitrogen and oxygen atoms in total. The first-order valence-electron chi connectivity index (χ1n) is 9.76. The molecule has 8 heteroatoms. The summed E-state index contributed by atoms with van der Waals surface area (Å²) in [6.07, 6.45) is 0. The predicted octanol–water partition coefficient (Wildman–Crippen LogP) is 4.97. The lowest BCUT2D eigenvalue weighted by atomic mass is 10.1. The van der Waals surface area contributed by atoms with E-state index in [-0.39, 0.29) is 11.3 Å². The van der Waals surface area contributed by atoms with Crippen LogP contribution in [0.4, 0.5) is 14.5 Å². The van der Waals surface area contributed by atoms with Gasteiger partial charge in [-0.05, 0) is 63.2 Å². The van der Waals surface area contributed by atoms with Crippen LogP contribution in [-0.2, 0) is 7.05 Å². The molecule has 0 spiro atoms.